The van der Waals surface area contributed by atoms with Crippen LogP contribution in [-0.4, -0.2) is 11.3 Å². The molecule has 2 nitrogen and oxygen atoms in total. The first-order valence-corrected chi connectivity index (χ1v) is 7.49. The molecule has 3 rings (SSSR count). The molecule has 2 unspecified atom stereocenters. The maximum Gasteiger partial charge on any atom is 0.261 e. The second kappa shape index (κ2) is 4.99. The predicted octanol–water partition coefficient (Wildman–Crippen LogP) is 3.69. The summed E-state index contributed by atoms with van der Waals surface area (Å²) in [5.41, 5.74) is 2.37. The summed E-state index contributed by atoms with van der Waals surface area (Å²) < 4.78 is 0. The SMILES string of the molecule is Cc1ccc(C(=O)NC2c3ccccc3CC2Cl)s1. The molecule has 0 radical (unpaired) electrons. The van der Waals surface area contributed by atoms with Gasteiger partial charge in [0.15, 0.2) is 0 Å². The number of thiophene rings is 1. The highest BCUT2D eigenvalue weighted by Crippen LogP contribution is 2.35. The Hall–Kier alpha value is -1.32. The molecule has 0 saturated carbocycles. The number of amides is 1. The van der Waals surface area contributed by atoms with Crippen LogP contribution in [0.3, 0.4) is 0 Å². The molecule has 2 atom stereocenters. The van der Waals surface area contributed by atoms with Crippen LogP contribution < -0.4 is 5.32 Å². The first kappa shape index (κ1) is 12.7. The first-order valence-electron chi connectivity index (χ1n) is 6.24. The van der Waals surface area contributed by atoms with E-state index in [-0.39, 0.29) is 17.3 Å². The fourth-order valence-corrected chi connectivity index (χ4v) is 3.62. The van der Waals surface area contributed by atoms with E-state index in [1.54, 1.807) is 0 Å². The van der Waals surface area contributed by atoms with Crippen LogP contribution in [-0.2, 0) is 6.42 Å². The molecule has 0 saturated heterocycles. The highest BCUT2D eigenvalue weighted by molar-refractivity contribution is 7.13. The number of fused-ring (bicyclic) bond motifs is 1. The number of hydrogen-bond donors (Lipinski definition) is 1. The third kappa shape index (κ3) is 2.40. The number of hydrogen-bond acceptors (Lipinski definition) is 2. The molecule has 1 aromatic carbocycles. The van der Waals surface area contributed by atoms with Crippen LogP contribution in [0.25, 0.3) is 0 Å². The average molecular weight is 292 g/mol. The number of rotatable bonds is 2. The molecule has 19 heavy (non-hydrogen) atoms. The van der Waals surface area contributed by atoms with E-state index in [9.17, 15) is 4.79 Å². The summed E-state index contributed by atoms with van der Waals surface area (Å²) in [4.78, 5) is 14.1. The highest BCUT2D eigenvalue weighted by Gasteiger charge is 2.32. The normalized spacial score (nSPS) is 21.2. The Bertz CT molecular complexity index is 622. The summed E-state index contributed by atoms with van der Waals surface area (Å²) in [5, 5.41) is 2.99. The molecule has 0 spiro atoms. The van der Waals surface area contributed by atoms with E-state index < -0.39 is 0 Å². The van der Waals surface area contributed by atoms with Gasteiger partial charge in [-0.2, -0.15) is 0 Å². The van der Waals surface area contributed by atoms with Crippen molar-refractivity contribution in [1.82, 2.24) is 5.32 Å². The molecule has 1 aromatic heterocycles. The second-order valence-electron chi connectivity index (χ2n) is 4.78. The molecule has 1 heterocycles. The maximum absolute atomic E-state index is 12.2. The fourth-order valence-electron chi connectivity index (χ4n) is 2.48. The Morgan fingerprint density at radius 3 is 2.84 bits per heavy atom. The lowest BCUT2D eigenvalue weighted by Crippen LogP contribution is -2.31. The molecule has 1 aliphatic carbocycles. The third-order valence-electron chi connectivity index (χ3n) is 3.42. The van der Waals surface area contributed by atoms with E-state index in [0.717, 1.165) is 21.7 Å². The smallest absolute Gasteiger partial charge is 0.261 e. The van der Waals surface area contributed by atoms with Gasteiger partial charge in [0.1, 0.15) is 0 Å². The lowest BCUT2D eigenvalue weighted by molar-refractivity contribution is 0.0941. The average Bonchev–Trinajstić information content (AvgIpc) is 2.95. The van der Waals surface area contributed by atoms with Crippen molar-refractivity contribution < 1.29 is 4.79 Å². The lowest BCUT2D eigenvalue weighted by atomic mass is 10.1. The number of nitrogens with one attached hydrogen (secondary N) is 1. The van der Waals surface area contributed by atoms with Gasteiger partial charge in [-0.05, 0) is 36.6 Å². The molecule has 0 bridgehead atoms. The van der Waals surface area contributed by atoms with Crippen molar-refractivity contribution in [2.45, 2.75) is 24.8 Å². The van der Waals surface area contributed by atoms with Crippen LogP contribution >= 0.6 is 22.9 Å². The Morgan fingerprint density at radius 2 is 2.11 bits per heavy atom. The quantitative estimate of drug-likeness (QED) is 0.840. The molecule has 0 aliphatic heterocycles. The lowest BCUT2D eigenvalue weighted by Gasteiger charge is -2.16. The van der Waals surface area contributed by atoms with Gasteiger partial charge in [-0.3, -0.25) is 4.79 Å². The van der Waals surface area contributed by atoms with Gasteiger partial charge in [-0.1, -0.05) is 24.3 Å². The van der Waals surface area contributed by atoms with Gasteiger partial charge in [-0.15, -0.1) is 22.9 Å². The largest absolute Gasteiger partial charge is 0.343 e. The zero-order valence-electron chi connectivity index (χ0n) is 10.5. The molecule has 2 aromatic rings. The maximum atomic E-state index is 12.2. The van der Waals surface area contributed by atoms with Crippen molar-refractivity contribution in [3.8, 4) is 0 Å². The van der Waals surface area contributed by atoms with E-state index in [2.05, 4.69) is 11.4 Å². The summed E-state index contributed by atoms with van der Waals surface area (Å²) in [6, 6.07) is 11.8. The van der Waals surface area contributed by atoms with Crippen LogP contribution in [0.1, 0.15) is 31.7 Å². The van der Waals surface area contributed by atoms with E-state index in [4.69, 9.17) is 11.6 Å². The monoisotopic (exact) mass is 291 g/mol. The highest BCUT2D eigenvalue weighted by atomic mass is 35.5. The van der Waals surface area contributed by atoms with Gasteiger partial charge in [0.25, 0.3) is 5.91 Å². The summed E-state index contributed by atoms with van der Waals surface area (Å²) in [6.45, 7) is 2.00. The minimum Gasteiger partial charge on any atom is -0.343 e. The molecule has 4 heteroatoms. The Balaban J connectivity index is 1.82. The van der Waals surface area contributed by atoms with Crippen molar-refractivity contribution in [3.63, 3.8) is 0 Å². The van der Waals surface area contributed by atoms with Crippen molar-refractivity contribution in [2.24, 2.45) is 0 Å². The zero-order valence-corrected chi connectivity index (χ0v) is 12.1. The first-order chi connectivity index (χ1) is 9.15. The Morgan fingerprint density at radius 1 is 1.32 bits per heavy atom. The van der Waals surface area contributed by atoms with E-state index in [0.29, 0.717) is 0 Å². The molecule has 1 aliphatic rings. The Kier molecular flexibility index (Phi) is 3.33. The summed E-state index contributed by atoms with van der Waals surface area (Å²) in [5.74, 6) is -0.0366. The van der Waals surface area contributed by atoms with Gasteiger partial charge in [0.05, 0.1) is 16.3 Å². The molecule has 0 fully saturated rings. The molecule has 1 N–H and O–H groups in total. The number of carbonyl (C=O) groups is 1. The van der Waals surface area contributed by atoms with Crippen molar-refractivity contribution >= 4 is 28.8 Å². The molecule has 1 amide bonds. The van der Waals surface area contributed by atoms with Gasteiger partial charge >= 0.3 is 0 Å². The van der Waals surface area contributed by atoms with Crippen molar-refractivity contribution in [1.29, 1.82) is 0 Å². The number of benzene rings is 1. The fraction of sp³-hybridized carbons (Fsp3) is 0.267. The number of alkyl halides is 1. The standard InChI is InChI=1S/C15H14ClNOS/c1-9-6-7-13(19-9)15(18)17-14-11-5-3-2-4-10(11)8-12(14)16/h2-7,12,14H,8H2,1H3,(H,17,18). The van der Waals surface area contributed by atoms with Gasteiger partial charge < -0.3 is 5.32 Å². The second-order valence-corrected chi connectivity index (χ2v) is 6.63. The van der Waals surface area contributed by atoms with Crippen LogP contribution in [0.4, 0.5) is 0 Å². The van der Waals surface area contributed by atoms with Crippen LogP contribution in [0.15, 0.2) is 36.4 Å². The summed E-state index contributed by atoms with van der Waals surface area (Å²) in [6.07, 6.45) is 0.812. The zero-order chi connectivity index (χ0) is 13.4. The number of halogens is 1. The molecular weight excluding hydrogens is 278 g/mol. The van der Waals surface area contributed by atoms with Gasteiger partial charge in [-0.25, -0.2) is 0 Å². The number of carbonyl (C=O) groups excluding carboxylic acids is 1. The van der Waals surface area contributed by atoms with Crippen molar-refractivity contribution in [3.05, 3.63) is 57.3 Å². The minimum absolute atomic E-state index is 0.0366. The van der Waals surface area contributed by atoms with Crippen LogP contribution in [0.5, 0.6) is 0 Å². The minimum atomic E-state index is -0.0900. The van der Waals surface area contributed by atoms with Gasteiger partial charge in [0.2, 0.25) is 0 Å². The molecule has 98 valence electrons. The third-order valence-corrected chi connectivity index (χ3v) is 4.82. The van der Waals surface area contributed by atoms with Crippen LogP contribution in [0, 0.1) is 6.92 Å². The summed E-state index contributed by atoms with van der Waals surface area (Å²) >= 11 is 7.88. The van der Waals surface area contributed by atoms with Gasteiger partial charge in [0, 0.05) is 4.88 Å². The predicted molar refractivity (Wildman–Crippen MR) is 79.1 cm³/mol. The van der Waals surface area contributed by atoms with Crippen LogP contribution in [0.2, 0.25) is 0 Å². The van der Waals surface area contributed by atoms with Crippen molar-refractivity contribution in [2.75, 3.05) is 0 Å². The van der Waals surface area contributed by atoms with E-state index >= 15 is 0 Å². The summed E-state index contributed by atoms with van der Waals surface area (Å²) in [7, 11) is 0. The Labute approximate surface area is 121 Å². The topological polar surface area (TPSA) is 29.1 Å². The molecular formula is C15H14ClNOS. The van der Waals surface area contributed by atoms with E-state index in [1.165, 1.54) is 16.9 Å². The van der Waals surface area contributed by atoms with E-state index in [1.807, 2.05) is 37.3 Å². The number of aryl methyl sites for hydroxylation is 1.